The van der Waals surface area contributed by atoms with Crippen molar-refractivity contribution in [3.05, 3.63) is 46.5 Å². The SMILES string of the molecule is O=S(=O)(NCCc1cnc[nH]1)c1cc(CO)ccc1Br. The van der Waals surface area contributed by atoms with Gasteiger partial charge < -0.3 is 10.1 Å². The van der Waals surface area contributed by atoms with Gasteiger partial charge in [0.2, 0.25) is 10.0 Å². The molecule has 1 heterocycles. The maximum absolute atomic E-state index is 12.2. The number of nitrogens with one attached hydrogen (secondary N) is 2. The summed E-state index contributed by atoms with van der Waals surface area (Å²) in [5, 5.41) is 9.08. The number of H-pyrrole nitrogens is 1. The van der Waals surface area contributed by atoms with Crippen molar-refractivity contribution in [3.63, 3.8) is 0 Å². The lowest BCUT2D eigenvalue weighted by Gasteiger charge is -2.09. The number of benzene rings is 1. The molecule has 1 aromatic heterocycles. The molecule has 0 bridgehead atoms. The molecule has 20 heavy (non-hydrogen) atoms. The van der Waals surface area contributed by atoms with Crippen LogP contribution in [0.3, 0.4) is 0 Å². The highest BCUT2D eigenvalue weighted by atomic mass is 79.9. The van der Waals surface area contributed by atoms with E-state index >= 15 is 0 Å². The zero-order chi connectivity index (χ0) is 14.6. The number of aromatic amines is 1. The standard InChI is InChI=1S/C12H14BrN3O3S/c13-11-2-1-9(7-17)5-12(11)20(18,19)16-4-3-10-6-14-8-15-10/h1-2,5-6,8,16-17H,3-4,7H2,(H,14,15). The van der Waals surface area contributed by atoms with Crippen molar-refractivity contribution in [2.24, 2.45) is 0 Å². The minimum Gasteiger partial charge on any atom is -0.392 e. The Kier molecular flexibility index (Phi) is 4.92. The summed E-state index contributed by atoms with van der Waals surface area (Å²) in [6.07, 6.45) is 3.72. The second kappa shape index (κ2) is 6.49. The van der Waals surface area contributed by atoms with E-state index in [0.717, 1.165) is 5.69 Å². The molecule has 0 atom stereocenters. The number of sulfonamides is 1. The highest BCUT2D eigenvalue weighted by Crippen LogP contribution is 2.23. The molecule has 0 spiro atoms. The molecule has 0 unspecified atom stereocenters. The monoisotopic (exact) mass is 359 g/mol. The molecule has 1 aromatic carbocycles. The predicted molar refractivity (Wildman–Crippen MR) is 77.5 cm³/mol. The molecular formula is C12H14BrN3O3S. The number of nitrogens with zero attached hydrogens (tertiary/aromatic N) is 1. The number of imidazole rings is 1. The molecule has 0 saturated carbocycles. The van der Waals surface area contributed by atoms with Crippen LogP contribution in [-0.2, 0) is 23.1 Å². The molecule has 0 amide bonds. The largest absolute Gasteiger partial charge is 0.392 e. The maximum atomic E-state index is 12.2. The summed E-state index contributed by atoms with van der Waals surface area (Å²) in [5.41, 5.74) is 1.40. The molecule has 2 aromatic rings. The van der Waals surface area contributed by atoms with Crippen LogP contribution in [0.25, 0.3) is 0 Å². The normalized spacial score (nSPS) is 11.7. The van der Waals surface area contributed by atoms with Crippen molar-refractivity contribution in [1.82, 2.24) is 14.7 Å². The number of aromatic nitrogens is 2. The summed E-state index contributed by atoms with van der Waals surface area (Å²) in [6.45, 7) is 0.0598. The van der Waals surface area contributed by atoms with E-state index in [1.807, 2.05) is 0 Å². The van der Waals surface area contributed by atoms with Crippen LogP contribution in [-0.4, -0.2) is 30.0 Å². The smallest absolute Gasteiger partial charge is 0.241 e. The fourth-order valence-electron chi connectivity index (χ4n) is 1.67. The van der Waals surface area contributed by atoms with E-state index in [-0.39, 0.29) is 18.0 Å². The quantitative estimate of drug-likeness (QED) is 0.721. The van der Waals surface area contributed by atoms with Crippen LogP contribution in [0.4, 0.5) is 0 Å². The number of hydrogen-bond acceptors (Lipinski definition) is 4. The third-order valence-electron chi connectivity index (χ3n) is 2.71. The summed E-state index contributed by atoms with van der Waals surface area (Å²) in [7, 11) is -3.62. The molecule has 6 nitrogen and oxygen atoms in total. The van der Waals surface area contributed by atoms with Gasteiger partial charge in [-0.3, -0.25) is 0 Å². The Labute approximate surface area is 125 Å². The van der Waals surface area contributed by atoms with E-state index in [1.54, 1.807) is 24.7 Å². The average Bonchev–Trinajstić information content (AvgIpc) is 2.92. The molecular weight excluding hydrogens is 346 g/mol. The van der Waals surface area contributed by atoms with Crippen molar-refractivity contribution in [2.75, 3.05) is 6.54 Å². The second-order valence-corrected chi connectivity index (χ2v) is 6.74. The minimum atomic E-state index is -3.62. The summed E-state index contributed by atoms with van der Waals surface area (Å²) in [5.74, 6) is 0. The van der Waals surface area contributed by atoms with Crippen LogP contribution in [0.15, 0.2) is 40.1 Å². The summed E-state index contributed by atoms with van der Waals surface area (Å²) in [4.78, 5) is 6.89. The Bertz CT molecular complexity index is 671. The molecule has 108 valence electrons. The first-order valence-corrected chi connectivity index (χ1v) is 8.17. The fraction of sp³-hybridized carbons (Fsp3) is 0.250. The van der Waals surface area contributed by atoms with Crippen molar-refractivity contribution in [2.45, 2.75) is 17.9 Å². The van der Waals surface area contributed by atoms with Crippen molar-refractivity contribution in [3.8, 4) is 0 Å². The average molecular weight is 360 g/mol. The van der Waals surface area contributed by atoms with Gasteiger partial charge in [-0.25, -0.2) is 18.1 Å². The van der Waals surface area contributed by atoms with Crippen LogP contribution in [0.5, 0.6) is 0 Å². The number of hydrogen-bond donors (Lipinski definition) is 3. The predicted octanol–water partition coefficient (Wildman–Crippen LogP) is 1.19. The van der Waals surface area contributed by atoms with Gasteiger partial charge in [-0.15, -0.1) is 0 Å². The number of aliphatic hydroxyl groups excluding tert-OH is 1. The fourth-order valence-corrected chi connectivity index (χ4v) is 3.71. The first kappa shape index (κ1) is 15.2. The number of halogens is 1. The van der Waals surface area contributed by atoms with Crippen LogP contribution >= 0.6 is 15.9 Å². The lowest BCUT2D eigenvalue weighted by atomic mass is 10.2. The third-order valence-corrected chi connectivity index (χ3v) is 5.16. The minimum absolute atomic E-state index is 0.119. The van der Waals surface area contributed by atoms with E-state index in [0.29, 0.717) is 16.5 Å². The van der Waals surface area contributed by atoms with Gasteiger partial charge in [0.1, 0.15) is 0 Å². The van der Waals surface area contributed by atoms with Crippen molar-refractivity contribution >= 4 is 26.0 Å². The van der Waals surface area contributed by atoms with Gasteiger partial charge in [0.25, 0.3) is 0 Å². The van der Waals surface area contributed by atoms with E-state index in [2.05, 4.69) is 30.6 Å². The maximum Gasteiger partial charge on any atom is 0.241 e. The molecule has 3 N–H and O–H groups in total. The van der Waals surface area contributed by atoms with E-state index in [9.17, 15) is 8.42 Å². The first-order chi connectivity index (χ1) is 9.53. The van der Waals surface area contributed by atoms with Crippen LogP contribution in [0.1, 0.15) is 11.3 Å². The molecule has 0 aliphatic rings. The zero-order valence-corrected chi connectivity index (χ0v) is 12.9. The zero-order valence-electron chi connectivity index (χ0n) is 10.5. The summed E-state index contributed by atoms with van der Waals surface area (Å²) < 4.78 is 27.4. The Morgan fingerprint density at radius 3 is 2.85 bits per heavy atom. The molecule has 0 radical (unpaired) electrons. The Hall–Kier alpha value is -1.22. The van der Waals surface area contributed by atoms with Crippen LogP contribution < -0.4 is 4.72 Å². The van der Waals surface area contributed by atoms with E-state index in [4.69, 9.17) is 5.11 Å². The van der Waals surface area contributed by atoms with E-state index in [1.165, 1.54) is 6.07 Å². The van der Waals surface area contributed by atoms with Gasteiger partial charge in [-0.2, -0.15) is 0 Å². The molecule has 0 aliphatic heterocycles. The topological polar surface area (TPSA) is 95.1 Å². The third kappa shape index (κ3) is 3.66. The van der Waals surface area contributed by atoms with Gasteiger partial charge in [0.15, 0.2) is 0 Å². The highest BCUT2D eigenvalue weighted by molar-refractivity contribution is 9.10. The first-order valence-electron chi connectivity index (χ1n) is 5.89. The Morgan fingerprint density at radius 1 is 1.40 bits per heavy atom. The molecule has 2 rings (SSSR count). The van der Waals surface area contributed by atoms with Crippen LogP contribution in [0.2, 0.25) is 0 Å². The number of aliphatic hydroxyl groups is 1. The van der Waals surface area contributed by atoms with Crippen molar-refractivity contribution in [1.29, 1.82) is 0 Å². The van der Waals surface area contributed by atoms with Gasteiger partial charge in [0, 0.05) is 29.3 Å². The van der Waals surface area contributed by atoms with Gasteiger partial charge in [0.05, 0.1) is 17.8 Å². The van der Waals surface area contributed by atoms with Gasteiger partial charge in [-0.05, 0) is 33.6 Å². The van der Waals surface area contributed by atoms with Gasteiger partial charge in [-0.1, -0.05) is 6.07 Å². The lowest BCUT2D eigenvalue weighted by Crippen LogP contribution is -2.26. The molecule has 8 heteroatoms. The number of rotatable bonds is 6. The molecule has 0 fully saturated rings. The highest BCUT2D eigenvalue weighted by Gasteiger charge is 2.17. The summed E-state index contributed by atoms with van der Waals surface area (Å²) in [6, 6.07) is 4.71. The Morgan fingerprint density at radius 2 is 2.20 bits per heavy atom. The van der Waals surface area contributed by atoms with Gasteiger partial charge >= 0.3 is 0 Å². The second-order valence-electron chi connectivity index (χ2n) is 4.15. The van der Waals surface area contributed by atoms with E-state index < -0.39 is 10.0 Å². The van der Waals surface area contributed by atoms with Crippen LogP contribution in [0, 0.1) is 0 Å². The lowest BCUT2D eigenvalue weighted by molar-refractivity contribution is 0.281. The summed E-state index contributed by atoms with van der Waals surface area (Å²) >= 11 is 3.21. The molecule has 0 saturated heterocycles. The molecule has 0 aliphatic carbocycles. The van der Waals surface area contributed by atoms with Crippen molar-refractivity contribution < 1.29 is 13.5 Å². The Balaban J connectivity index is 2.09.